The van der Waals surface area contributed by atoms with Crippen molar-refractivity contribution in [1.82, 2.24) is 0 Å². The van der Waals surface area contributed by atoms with E-state index in [2.05, 4.69) is 0 Å². The van der Waals surface area contributed by atoms with Crippen LogP contribution in [0, 0.1) is 6.92 Å². The van der Waals surface area contributed by atoms with Crippen molar-refractivity contribution in [3.8, 4) is 0 Å². The average molecular weight is 183 g/mol. The van der Waals surface area contributed by atoms with Gasteiger partial charge in [0.25, 0.3) is 0 Å². The summed E-state index contributed by atoms with van der Waals surface area (Å²) >= 11 is 0. The second-order valence-electron chi connectivity index (χ2n) is 3.36. The maximum Gasteiger partial charge on any atom is 0.105 e. The molecule has 0 spiro atoms. The van der Waals surface area contributed by atoms with E-state index in [0.29, 0.717) is 12.8 Å². The summed E-state index contributed by atoms with van der Waals surface area (Å²) in [6, 6.07) is 3.58. The maximum atomic E-state index is 9.43. The summed E-state index contributed by atoms with van der Waals surface area (Å²) in [5.74, 6) is 1.73. The Balaban J connectivity index is 2.49. The minimum Gasteiger partial charge on any atom is -0.466 e. The molecule has 1 heterocycles. The molecule has 74 valence electrons. The van der Waals surface area contributed by atoms with Gasteiger partial charge in [0.15, 0.2) is 0 Å². The Hall–Kier alpha value is -0.800. The van der Waals surface area contributed by atoms with Gasteiger partial charge in [0, 0.05) is 12.5 Å². The lowest BCUT2D eigenvalue weighted by molar-refractivity contribution is 0.137. The van der Waals surface area contributed by atoms with E-state index >= 15 is 0 Å². The summed E-state index contributed by atoms with van der Waals surface area (Å²) in [5.41, 5.74) is 5.76. The summed E-state index contributed by atoms with van der Waals surface area (Å²) in [6.45, 7) is 3.81. The molecule has 0 aliphatic carbocycles. The fourth-order valence-electron chi connectivity index (χ4n) is 1.27. The lowest BCUT2D eigenvalue weighted by Crippen LogP contribution is -2.35. The number of hydrogen-bond acceptors (Lipinski definition) is 3. The Morgan fingerprint density at radius 2 is 2.23 bits per heavy atom. The van der Waals surface area contributed by atoms with Crippen molar-refractivity contribution in [3.05, 3.63) is 23.7 Å². The molecule has 0 amide bonds. The van der Waals surface area contributed by atoms with Gasteiger partial charge < -0.3 is 15.3 Å². The van der Waals surface area contributed by atoms with Crippen LogP contribution < -0.4 is 5.73 Å². The quantitative estimate of drug-likeness (QED) is 0.738. The van der Waals surface area contributed by atoms with Gasteiger partial charge in [-0.3, -0.25) is 0 Å². The summed E-state index contributed by atoms with van der Waals surface area (Å²) in [6.07, 6.45) is 0.842. The van der Waals surface area contributed by atoms with Crippen LogP contribution in [0.2, 0.25) is 0 Å². The van der Waals surface area contributed by atoms with Gasteiger partial charge in [0.1, 0.15) is 11.5 Å². The molecular formula is C10H17NO2. The predicted molar refractivity (Wildman–Crippen MR) is 51.4 cm³/mol. The molecule has 3 heteroatoms. The molecule has 3 nitrogen and oxygen atoms in total. The lowest BCUT2D eigenvalue weighted by atomic mass is 10.1. The normalized spacial score (nSPS) is 15.7. The second kappa shape index (κ2) is 4.44. The van der Waals surface area contributed by atoms with Crippen molar-refractivity contribution >= 4 is 0 Å². The molecule has 0 saturated heterocycles. The van der Waals surface area contributed by atoms with E-state index in [1.54, 1.807) is 0 Å². The van der Waals surface area contributed by atoms with Crippen molar-refractivity contribution in [2.75, 3.05) is 0 Å². The highest BCUT2D eigenvalue weighted by molar-refractivity contribution is 5.07. The SMILES string of the molecule is CCC(O)C(N)Cc1ccc(C)o1. The van der Waals surface area contributed by atoms with E-state index in [9.17, 15) is 5.11 Å². The van der Waals surface area contributed by atoms with Crippen LogP contribution >= 0.6 is 0 Å². The number of aliphatic hydroxyl groups excluding tert-OH is 1. The summed E-state index contributed by atoms with van der Waals surface area (Å²) < 4.78 is 5.36. The van der Waals surface area contributed by atoms with Gasteiger partial charge in [-0.1, -0.05) is 6.92 Å². The number of hydrogen-bond donors (Lipinski definition) is 2. The number of nitrogens with two attached hydrogens (primary N) is 1. The molecule has 0 radical (unpaired) electrons. The highest BCUT2D eigenvalue weighted by Crippen LogP contribution is 2.10. The molecule has 2 unspecified atom stereocenters. The van der Waals surface area contributed by atoms with Gasteiger partial charge in [-0.15, -0.1) is 0 Å². The van der Waals surface area contributed by atoms with E-state index in [1.807, 2.05) is 26.0 Å². The number of rotatable bonds is 4. The summed E-state index contributed by atoms with van der Waals surface area (Å²) in [5, 5.41) is 9.43. The van der Waals surface area contributed by atoms with E-state index < -0.39 is 6.10 Å². The Morgan fingerprint density at radius 1 is 1.54 bits per heavy atom. The fourth-order valence-corrected chi connectivity index (χ4v) is 1.27. The molecule has 13 heavy (non-hydrogen) atoms. The molecule has 3 N–H and O–H groups in total. The third-order valence-corrected chi connectivity index (χ3v) is 2.15. The van der Waals surface area contributed by atoms with Crippen molar-refractivity contribution in [2.45, 2.75) is 38.8 Å². The van der Waals surface area contributed by atoms with Crippen LogP contribution in [-0.4, -0.2) is 17.3 Å². The summed E-state index contributed by atoms with van der Waals surface area (Å²) in [4.78, 5) is 0. The van der Waals surface area contributed by atoms with Crippen LogP contribution in [0.25, 0.3) is 0 Å². The molecule has 1 aromatic rings. The Labute approximate surface area is 78.5 Å². The first-order chi connectivity index (χ1) is 6.13. The Bertz CT molecular complexity index is 257. The molecule has 0 saturated carbocycles. The Morgan fingerprint density at radius 3 is 2.69 bits per heavy atom. The summed E-state index contributed by atoms with van der Waals surface area (Å²) in [7, 11) is 0. The monoisotopic (exact) mass is 183 g/mol. The minimum atomic E-state index is -0.439. The van der Waals surface area contributed by atoms with Gasteiger partial charge in [-0.2, -0.15) is 0 Å². The first-order valence-electron chi connectivity index (χ1n) is 4.62. The smallest absolute Gasteiger partial charge is 0.105 e. The van der Waals surface area contributed by atoms with Gasteiger partial charge in [-0.25, -0.2) is 0 Å². The van der Waals surface area contributed by atoms with Gasteiger partial charge >= 0.3 is 0 Å². The zero-order valence-electron chi connectivity index (χ0n) is 8.16. The highest BCUT2D eigenvalue weighted by atomic mass is 16.3. The molecule has 0 bridgehead atoms. The van der Waals surface area contributed by atoms with E-state index in [0.717, 1.165) is 11.5 Å². The van der Waals surface area contributed by atoms with Crippen LogP contribution in [0.15, 0.2) is 16.5 Å². The molecule has 1 rings (SSSR count). The molecule has 1 aromatic heterocycles. The average Bonchev–Trinajstić information content (AvgIpc) is 2.49. The van der Waals surface area contributed by atoms with Crippen LogP contribution in [0.4, 0.5) is 0 Å². The van der Waals surface area contributed by atoms with Crippen LogP contribution in [-0.2, 0) is 6.42 Å². The van der Waals surface area contributed by atoms with E-state index in [4.69, 9.17) is 10.2 Å². The first-order valence-corrected chi connectivity index (χ1v) is 4.62. The fraction of sp³-hybridized carbons (Fsp3) is 0.600. The predicted octanol–water partition coefficient (Wildman–Crippen LogP) is 1.23. The molecule has 0 fully saturated rings. The molecular weight excluding hydrogens is 166 g/mol. The van der Waals surface area contributed by atoms with Gasteiger partial charge in [-0.05, 0) is 25.5 Å². The molecule has 0 aliphatic heterocycles. The topological polar surface area (TPSA) is 59.4 Å². The van der Waals surface area contributed by atoms with Crippen molar-refractivity contribution < 1.29 is 9.52 Å². The van der Waals surface area contributed by atoms with E-state index in [-0.39, 0.29) is 6.04 Å². The molecule has 0 aliphatic rings. The van der Waals surface area contributed by atoms with Crippen molar-refractivity contribution in [1.29, 1.82) is 0 Å². The van der Waals surface area contributed by atoms with Crippen LogP contribution in [0.1, 0.15) is 24.9 Å². The third kappa shape index (κ3) is 2.86. The molecule has 2 atom stereocenters. The van der Waals surface area contributed by atoms with Crippen LogP contribution in [0.3, 0.4) is 0 Å². The van der Waals surface area contributed by atoms with Crippen LogP contribution in [0.5, 0.6) is 0 Å². The standard InChI is InChI=1S/C10H17NO2/c1-3-10(12)9(11)6-8-5-4-7(2)13-8/h4-5,9-10,12H,3,6,11H2,1-2H3. The van der Waals surface area contributed by atoms with Crippen molar-refractivity contribution in [3.63, 3.8) is 0 Å². The number of aliphatic hydroxyl groups is 1. The number of furan rings is 1. The largest absolute Gasteiger partial charge is 0.466 e. The third-order valence-electron chi connectivity index (χ3n) is 2.15. The zero-order chi connectivity index (χ0) is 9.84. The van der Waals surface area contributed by atoms with Gasteiger partial charge in [0.05, 0.1) is 6.10 Å². The second-order valence-corrected chi connectivity index (χ2v) is 3.36. The zero-order valence-corrected chi connectivity index (χ0v) is 8.16. The first kappa shape index (κ1) is 10.3. The maximum absolute atomic E-state index is 9.43. The molecule has 0 aromatic carbocycles. The lowest BCUT2D eigenvalue weighted by Gasteiger charge is -2.15. The van der Waals surface area contributed by atoms with E-state index in [1.165, 1.54) is 0 Å². The Kier molecular flexibility index (Phi) is 3.51. The van der Waals surface area contributed by atoms with Gasteiger partial charge in [0.2, 0.25) is 0 Å². The minimum absolute atomic E-state index is 0.226. The number of aryl methyl sites for hydroxylation is 1. The van der Waals surface area contributed by atoms with Crippen molar-refractivity contribution in [2.24, 2.45) is 5.73 Å². The highest BCUT2D eigenvalue weighted by Gasteiger charge is 2.14.